The number of fused-ring (bicyclic) bond motifs is 2. The third kappa shape index (κ3) is 2.73. The van der Waals surface area contributed by atoms with Gasteiger partial charge in [0.15, 0.2) is 6.10 Å². The van der Waals surface area contributed by atoms with Crippen LogP contribution < -0.4 is 15.4 Å². The van der Waals surface area contributed by atoms with E-state index in [1.165, 1.54) is 16.2 Å². The molecule has 7 heteroatoms. The molecule has 25 heavy (non-hydrogen) atoms. The van der Waals surface area contributed by atoms with Crippen LogP contribution in [-0.4, -0.2) is 24.5 Å². The second kappa shape index (κ2) is 6.06. The number of thiophene rings is 1. The van der Waals surface area contributed by atoms with Crippen LogP contribution in [0.5, 0.6) is 5.75 Å². The highest BCUT2D eigenvalue weighted by atomic mass is 35.5. The van der Waals surface area contributed by atoms with Crippen molar-refractivity contribution in [3.05, 3.63) is 58.4 Å². The molecule has 0 bridgehead atoms. The fourth-order valence-corrected chi connectivity index (χ4v) is 4.16. The van der Waals surface area contributed by atoms with Crippen molar-refractivity contribution in [2.45, 2.75) is 6.10 Å². The van der Waals surface area contributed by atoms with Gasteiger partial charge < -0.3 is 10.5 Å². The minimum absolute atomic E-state index is 0.0765. The lowest BCUT2D eigenvalue weighted by Crippen LogP contribution is -2.49. The molecule has 0 spiro atoms. The van der Waals surface area contributed by atoms with E-state index in [-0.39, 0.29) is 12.5 Å². The van der Waals surface area contributed by atoms with Crippen LogP contribution in [0.2, 0.25) is 5.02 Å². The Morgan fingerprint density at radius 2 is 2.00 bits per heavy atom. The van der Waals surface area contributed by atoms with Gasteiger partial charge in [-0.2, -0.15) is 0 Å². The molecule has 126 valence electrons. The Kier molecular flexibility index (Phi) is 3.86. The molecule has 2 amide bonds. The molecule has 0 fully saturated rings. The second-order valence-corrected chi connectivity index (χ2v) is 7.15. The molecule has 1 aromatic heterocycles. The van der Waals surface area contributed by atoms with Gasteiger partial charge in [0.25, 0.3) is 11.8 Å². The Labute approximate surface area is 152 Å². The molecule has 0 saturated heterocycles. The normalized spacial score (nSPS) is 16.4. The first-order valence-corrected chi connectivity index (χ1v) is 8.79. The number of para-hydroxylation sites is 2. The quantitative estimate of drug-likeness (QED) is 0.748. The molecule has 0 radical (unpaired) electrons. The van der Waals surface area contributed by atoms with E-state index in [1.54, 1.807) is 30.3 Å². The number of hydrogen-bond acceptors (Lipinski definition) is 4. The zero-order valence-corrected chi connectivity index (χ0v) is 14.5. The van der Waals surface area contributed by atoms with Crippen molar-refractivity contribution in [1.29, 1.82) is 0 Å². The van der Waals surface area contributed by atoms with Gasteiger partial charge in [0, 0.05) is 15.1 Å². The van der Waals surface area contributed by atoms with Crippen LogP contribution in [0.4, 0.5) is 5.69 Å². The van der Waals surface area contributed by atoms with Gasteiger partial charge in [0.05, 0.1) is 17.1 Å². The molecule has 0 saturated carbocycles. The van der Waals surface area contributed by atoms with Crippen molar-refractivity contribution in [2.75, 3.05) is 11.4 Å². The van der Waals surface area contributed by atoms with Gasteiger partial charge in [-0.05, 0) is 30.3 Å². The molecule has 3 aromatic rings. The zero-order chi connectivity index (χ0) is 17.6. The summed E-state index contributed by atoms with van der Waals surface area (Å²) in [5.74, 6) is -0.351. The van der Waals surface area contributed by atoms with E-state index in [4.69, 9.17) is 22.1 Å². The molecule has 2 heterocycles. The topological polar surface area (TPSA) is 72.6 Å². The van der Waals surface area contributed by atoms with Crippen LogP contribution in [0.25, 0.3) is 10.1 Å². The van der Waals surface area contributed by atoms with Crippen molar-refractivity contribution in [3.8, 4) is 5.75 Å². The van der Waals surface area contributed by atoms with Crippen LogP contribution in [-0.2, 0) is 4.79 Å². The van der Waals surface area contributed by atoms with Gasteiger partial charge in [-0.1, -0.05) is 29.8 Å². The summed E-state index contributed by atoms with van der Waals surface area (Å²) in [6.07, 6.45) is -0.878. The number of carbonyl (C=O) groups is 2. The molecule has 2 N–H and O–H groups in total. The average molecular weight is 373 g/mol. The number of carbonyl (C=O) groups excluding carboxylic acids is 2. The molecular formula is C18H13ClN2O3S. The van der Waals surface area contributed by atoms with Gasteiger partial charge in [0.1, 0.15) is 5.75 Å². The summed E-state index contributed by atoms with van der Waals surface area (Å²) in [4.78, 5) is 26.8. The van der Waals surface area contributed by atoms with Crippen molar-refractivity contribution < 1.29 is 14.3 Å². The molecule has 2 aromatic carbocycles. The first-order valence-electron chi connectivity index (χ1n) is 7.59. The van der Waals surface area contributed by atoms with E-state index >= 15 is 0 Å². The lowest BCUT2D eigenvalue weighted by molar-refractivity contribution is -0.124. The predicted molar refractivity (Wildman–Crippen MR) is 98.6 cm³/mol. The van der Waals surface area contributed by atoms with Crippen molar-refractivity contribution in [1.82, 2.24) is 0 Å². The number of primary amides is 1. The smallest absolute Gasteiger partial charge is 0.268 e. The van der Waals surface area contributed by atoms with E-state index < -0.39 is 12.0 Å². The number of halogens is 1. The number of benzene rings is 2. The number of nitrogens with two attached hydrogens (primary N) is 1. The average Bonchev–Trinajstić information content (AvgIpc) is 3.06. The Morgan fingerprint density at radius 1 is 1.20 bits per heavy atom. The van der Waals surface area contributed by atoms with Crippen molar-refractivity contribution >= 4 is 50.5 Å². The van der Waals surface area contributed by atoms with E-state index in [0.29, 0.717) is 21.3 Å². The number of hydrogen-bond donors (Lipinski definition) is 1. The summed E-state index contributed by atoms with van der Waals surface area (Å²) in [5.41, 5.74) is 6.01. The van der Waals surface area contributed by atoms with Gasteiger partial charge >= 0.3 is 0 Å². The maximum Gasteiger partial charge on any atom is 0.268 e. The van der Waals surface area contributed by atoms with Crippen molar-refractivity contribution in [2.24, 2.45) is 5.73 Å². The van der Waals surface area contributed by atoms with E-state index in [2.05, 4.69) is 0 Å². The van der Waals surface area contributed by atoms with Crippen LogP contribution in [0, 0.1) is 0 Å². The molecule has 1 atom stereocenters. The first-order chi connectivity index (χ1) is 12.0. The number of nitrogens with zero attached hydrogens (tertiary/aromatic N) is 1. The van der Waals surface area contributed by atoms with E-state index in [0.717, 1.165) is 10.1 Å². The largest absolute Gasteiger partial charge is 0.477 e. The van der Waals surface area contributed by atoms with Gasteiger partial charge in [-0.15, -0.1) is 11.3 Å². The minimum atomic E-state index is -0.878. The maximum absolute atomic E-state index is 13.1. The summed E-state index contributed by atoms with van der Waals surface area (Å²) in [6.45, 7) is 0.0765. The summed E-state index contributed by atoms with van der Waals surface area (Å²) in [6, 6.07) is 14.4. The second-order valence-electron chi connectivity index (χ2n) is 5.65. The Balaban J connectivity index is 1.77. The Bertz CT molecular complexity index is 1000. The predicted octanol–water partition coefficient (Wildman–Crippen LogP) is 3.45. The molecular weight excluding hydrogens is 360 g/mol. The van der Waals surface area contributed by atoms with Crippen LogP contribution in [0.1, 0.15) is 9.67 Å². The van der Waals surface area contributed by atoms with Crippen LogP contribution in [0.15, 0.2) is 48.5 Å². The molecule has 0 aliphatic carbocycles. The third-order valence-corrected chi connectivity index (χ3v) is 5.47. The zero-order valence-electron chi connectivity index (χ0n) is 12.9. The van der Waals surface area contributed by atoms with Gasteiger partial charge in [0.2, 0.25) is 0 Å². The Morgan fingerprint density at radius 3 is 2.76 bits per heavy atom. The number of amides is 2. The number of rotatable bonds is 2. The lowest BCUT2D eigenvalue weighted by Gasteiger charge is -2.33. The molecule has 1 aliphatic heterocycles. The van der Waals surface area contributed by atoms with Gasteiger partial charge in [-0.3, -0.25) is 14.5 Å². The van der Waals surface area contributed by atoms with E-state index in [9.17, 15) is 9.59 Å². The van der Waals surface area contributed by atoms with Crippen LogP contribution in [0.3, 0.4) is 0 Å². The van der Waals surface area contributed by atoms with Crippen molar-refractivity contribution in [3.63, 3.8) is 0 Å². The number of anilines is 1. The van der Waals surface area contributed by atoms with Crippen LogP contribution >= 0.6 is 22.9 Å². The highest BCUT2D eigenvalue weighted by molar-refractivity contribution is 7.21. The molecule has 0 unspecified atom stereocenters. The highest BCUT2D eigenvalue weighted by Crippen LogP contribution is 2.37. The molecule has 4 rings (SSSR count). The fourth-order valence-electron chi connectivity index (χ4n) is 2.84. The first kappa shape index (κ1) is 15.9. The highest BCUT2D eigenvalue weighted by Gasteiger charge is 2.33. The summed E-state index contributed by atoms with van der Waals surface area (Å²) < 4.78 is 6.54. The monoisotopic (exact) mass is 372 g/mol. The number of ether oxygens (including phenoxy) is 1. The third-order valence-electron chi connectivity index (χ3n) is 4.06. The molecule has 5 nitrogen and oxygen atoms in total. The van der Waals surface area contributed by atoms with E-state index in [1.807, 2.05) is 18.2 Å². The minimum Gasteiger partial charge on any atom is -0.477 e. The lowest BCUT2D eigenvalue weighted by atomic mass is 10.1. The summed E-state index contributed by atoms with van der Waals surface area (Å²) in [7, 11) is 0. The SMILES string of the molecule is NC(=O)[C@@H]1CN(C(=O)c2cc3c(Cl)cccc3s2)c2ccccc2O1. The summed E-state index contributed by atoms with van der Waals surface area (Å²) >= 11 is 7.57. The Hall–Kier alpha value is -2.57. The standard InChI is InChI=1S/C18H13ClN2O3S/c19-11-4-3-7-15-10(11)8-16(25-15)18(23)21-9-14(17(20)22)24-13-6-2-1-5-12(13)21/h1-8,14H,9H2,(H2,20,22)/t14-/m0/s1. The molecule has 1 aliphatic rings. The maximum atomic E-state index is 13.1. The summed E-state index contributed by atoms with van der Waals surface area (Å²) in [5, 5.41) is 1.44. The fraction of sp³-hybridized carbons (Fsp3) is 0.111. The van der Waals surface area contributed by atoms with Gasteiger partial charge in [-0.25, -0.2) is 0 Å².